The molecule has 0 atom stereocenters. The van der Waals surface area contributed by atoms with E-state index >= 15 is 0 Å². The number of hydrogen-bond donors (Lipinski definition) is 1. The molecular formula is C10H13NO3S. The van der Waals surface area contributed by atoms with Crippen molar-refractivity contribution in [1.82, 2.24) is 0 Å². The molecule has 0 unspecified atom stereocenters. The Balaban J connectivity index is 2.29. The zero-order valence-corrected chi connectivity index (χ0v) is 9.25. The van der Waals surface area contributed by atoms with Gasteiger partial charge in [0.15, 0.2) is 9.84 Å². The Morgan fingerprint density at radius 3 is 2.53 bits per heavy atom. The van der Waals surface area contributed by atoms with Crippen molar-refractivity contribution in [2.45, 2.75) is 10.9 Å². The Bertz CT molecular complexity index is 451. The van der Waals surface area contributed by atoms with Gasteiger partial charge in [-0.05, 0) is 12.1 Å². The van der Waals surface area contributed by atoms with Gasteiger partial charge in [-0.3, -0.25) is 0 Å². The second kappa shape index (κ2) is 3.83. The Kier molecular flexibility index (Phi) is 2.67. The average Bonchev–Trinajstić information content (AvgIpc) is 2.10. The van der Waals surface area contributed by atoms with E-state index in [1.54, 1.807) is 18.2 Å². The van der Waals surface area contributed by atoms with Crippen molar-refractivity contribution in [1.29, 1.82) is 0 Å². The van der Waals surface area contributed by atoms with E-state index in [4.69, 9.17) is 4.74 Å². The third-order valence-corrected chi connectivity index (χ3v) is 3.44. The molecule has 0 amide bonds. The Labute approximate surface area is 89.2 Å². The largest absolute Gasteiger partial charge is 0.377 e. The van der Waals surface area contributed by atoms with Crippen molar-refractivity contribution in [3.8, 4) is 0 Å². The van der Waals surface area contributed by atoms with Gasteiger partial charge in [-0.2, -0.15) is 0 Å². The molecule has 1 N–H and O–H groups in total. The number of nitrogens with one attached hydrogen (secondary N) is 1. The van der Waals surface area contributed by atoms with Crippen molar-refractivity contribution in [2.24, 2.45) is 0 Å². The first-order valence-corrected chi connectivity index (χ1v) is 6.60. The lowest BCUT2D eigenvalue weighted by molar-refractivity contribution is 0.0210. The second-order valence-corrected chi connectivity index (χ2v) is 5.63. The van der Waals surface area contributed by atoms with E-state index in [0.29, 0.717) is 23.8 Å². The average molecular weight is 227 g/mol. The van der Waals surface area contributed by atoms with E-state index in [-0.39, 0.29) is 6.04 Å². The fourth-order valence-electron chi connectivity index (χ4n) is 1.45. The smallest absolute Gasteiger partial charge is 0.177 e. The molecule has 1 aliphatic rings. The van der Waals surface area contributed by atoms with Crippen molar-refractivity contribution in [3.63, 3.8) is 0 Å². The molecule has 0 saturated carbocycles. The molecule has 0 aromatic heterocycles. The van der Waals surface area contributed by atoms with Gasteiger partial charge in [0, 0.05) is 6.26 Å². The lowest BCUT2D eigenvalue weighted by Gasteiger charge is -2.28. The molecule has 82 valence electrons. The van der Waals surface area contributed by atoms with Gasteiger partial charge < -0.3 is 10.1 Å². The quantitative estimate of drug-likeness (QED) is 0.833. The van der Waals surface area contributed by atoms with Crippen LogP contribution in [0.5, 0.6) is 0 Å². The highest BCUT2D eigenvalue weighted by atomic mass is 32.2. The molecule has 1 aromatic carbocycles. The zero-order chi connectivity index (χ0) is 10.9. The van der Waals surface area contributed by atoms with Gasteiger partial charge in [-0.1, -0.05) is 12.1 Å². The van der Waals surface area contributed by atoms with Crippen molar-refractivity contribution >= 4 is 15.5 Å². The lowest BCUT2D eigenvalue weighted by Crippen LogP contribution is -2.40. The summed E-state index contributed by atoms with van der Waals surface area (Å²) in [5.74, 6) is 0. The normalized spacial score (nSPS) is 17.1. The minimum absolute atomic E-state index is 0.230. The SMILES string of the molecule is CS(=O)(=O)c1ccccc1NC1COC1. The van der Waals surface area contributed by atoms with Gasteiger partial charge in [-0.15, -0.1) is 0 Å². The first kappa shape index (κ1) is 10.4. The Morgan fingerprint density at radius 1 is 1.33 bits per heavy atom. The summed E-state index contributed by atoms with van der Waals surface area (Å²) in [5.41, 5.74) is 0.660. The Morgan fingerprint density at radius 2 is 2.00 bits per heavy atom. The third-order valence-electron chi connectivity index (χ3n) is 2.28. The summed E-state index contributed by atoms with van der Waals surface area (Å²) in [7, 11) is -3.17. The fraction of sp³-hybridized carbons (Fsp3) is 0.400. The van der Waals surface area contributed by atoms with Crippen LogP contribution in [0.15, 0.2) is 29.2 Å². The van der Waals surface area contributed by atoms with Crippen molar-refractivity contribution in [2.75, 3.05) is 24.8 Å². The summed E-state index contributed by atoms with van der Waals surface area (Å²) >= 11 is 0. The predicted molar refractivity (Wildman–Crippen MR) is 57.8 cm³/mol. The Hall–Kier alpha value is -1.07. The van der Waals surface area contributed by atoms with Crippen LogP contribution in [0.4, 0.5) is 5.69 Å². The van der Waals surface area contributed by atoms with E-state index in [0.717, 1.165) is 0 Å². The molecule has 1 aromatic rings. The molecule has 0 radical (unpaired) electrons. The highest BCUT2D eigenvalue weighted by Crippen LogP contribution is 2.22. The maximum absolute atomic E-state index is 11.5. The zero-order valence-electron chi connectivity index (χ0n) is 8.43. The molecule has 1 heterocycles. The molecule has 1 aliphatic heterocycles. The summed E-state index contributed by atoms with van der Waals surface area (Å²) in [5, 5.41) is 3.15. The topological polar surface area (TPSA) is 55.4 Å². The predicted octanol–water partition coefficient (Wildman–Crippen LogP) is 0.901. The molecule has 5 heteroatoms. The molecule has 0 aliphatic carbocycles. The summed E-state index contributed by atoms with van der Waals surface area (Å²) < 4.78 is 28.0. The number of benzene rings is 1. The molecule has 1 saturated heterocycles. The van der Waals surface area contributed by atoms with E-state index in [1.165, 1.54) is 6.26 Å². The van der Waals surface area contributed by atoms with Gasteiger partial charge in [0.05, 0.1) is 29.8 Å². The van der Waals surface area contributed by atoms with Crippen LogP contribution in [0.2, 0.25) is 0 Å². The summed E-state index contributed by atoms with van der Waals surface area (Å²) in [6.07, 6.45) is 1.21. The standard InChI is InChI=1S/C10H13NO3S/c1-15(12,13)10-5-3-2-4-9(10)11-8-6-14-7-8/h2-5,8,11H,6-7H2,1H3. The molecule has 0 spiro atoms. The highest BCUT2D eigenvalue weighted by molar-refractivity contribution is 7.90. The molecule has 15 heavy (non-hydrogen) atoms. The maximum atomic E-state index is 11.5. The van der Waals surface area contributed by atoms with E-state index in [2.05, 4.69) is 5.32 Å². The summed E-state index contributed by atoms with van der Waals surface area (Å²) in [6.45, 7) is 1.27. The van der Waals surface area contributed by atoms with Crippen LogP contribution in [0, 0.1) is 0 Å². The molecule has 4 nitrogen and oxygen atoms in total. The van der Waals surface area contributed by atoms with Crippen LogP contribution in [-0.2, 0) is 14.6 Å². The summed E-state index contributed by atoms with van der Waals surface area (Å²) in [4.78, 5) is 0.344. The van der Waals surface area contributed by atoms with E-state index in [1.807, 2.05) is 6.07 Å². The molecule has 1 fully saturated rings. The van der Waals surface area contributed by atoms with Crippen LogP contribution in [0.3, 0.4) is 0 Å². The van der Waals surface area contributed by atoms with Gasteiger partial charge in [0.25, 0.3) is 0 Å². The number of ether oxygens (including phenoxy) is 1. The monoisotopic (exact) mass is 227 g/mol. The van der Waals surface area contributed by atoms with Gasteiger partial charge in [0.1, 0.15) is 0 Å². The van der Waals surface area contributed by atoms with Crippen LogP contribution in [0.1, 0.15) is 0 Å². The number of hydrogen-bond acceptors (Lipinski definition) is 4. The third kappa shape index (κ3) is 2.30. The molecular weight excluding hydrogens is 214 g/mol. The number of anilines is 1. The number of para-hydroxylation sites is 1. The van der Waals surface area contributed by atoms with Crippen LogP contribution in [-0.4, -0.2) is 33.9 Å². The second-order valence-electron chi connectivity index (χ2n) is 3.65. The lowest BCUT2D eigenvalue weighted by atomic mass is 10.2. The minimum Gasteiger partial charge on any atom is -0.377 e. The number of rotatable bonds is 3. The van der Waals surface area contributed by atoms with E-state index in [9.17, 15) is 8.42 Å². The number of sulfone groups is 1. The first-order chi connectivity index (χ1) is 7.07. The maximum Gasteiger partial charge on any atom is 0.177 e. The van der Waals surface area contributed by atoms with Crippen LogP contribution in [0.25, 0.3) is 0 Å². The first-order valence-electron chi connectivity index (χ1n) is 4.71. The van der Waals surface area contributed by atoms with Gasteiger partial charge in [0.2, 0.25) is 0 Å². The highest BCUT2D eigenvalue weighted by Gasteiger charge is 2.20. The fourth-order valence-corrected chi connectivity index (χ4v) is 2.30. The van der Waals surface area contributed by atoms with Crippen molar-refractivity contribution in [3.05, 3.63) is 24.3 Å². The van der Waals surface area contributed by atoms with Crippen LogP contribution < -0.4 is 5.32 Å². The molecule has 2 rings (SSSR count). The summed E-state index contributed by atoms with van der Waals surface area (Å²) in [6, 6.07) is 7.15. The van der Waals surface area contributed by atoms with E-state index < -0.39 is 9.84 Å². The van der Waals surface area contributed by atoms with Crippen molar-refractivity contribution < 1.29 is 13.2 Å². The minimum atomic E-state index is -3.17. The van der Waals surface area contributed by atoms with Crippen LogP contribution >= 0.6 is 0 Å². The van der Waals surface area contributed by atoms with Gasteiger partial charge in [-0.25, -0.2) is 8.42 Å². The van der Waals surface area contributed by atoms with Gasteiger partial charge >= 0.3 is 0 Å². The molecule has 0 bridgehead atoms.